The molecule has 5 heteroatoms. The Labute approximate surface area is 140 Å². The van der Waals surface area contributed by atoms with E-state index in [4.69, 9.17) is 4.99 Å². The lowest BCUT2D eigenvalue weighted by Gasteiger charge is -2.62. The van der Waals surface area contributed by atoms with Crippen LogP contribution in [0.15, 0.2) is 23.2 Å². The Morgan fingerprint density at radius 3 is 2.52 bits per heavy atom. The van der Waals surface area contributed by atoms with Crippen LogP contribution in [0.25, 0.3) is 0 Å². The average Bonchev–Trinajstić information content (AvgIpc) is 2.49. The summed E-state index contributed by atoms with van der Waals surface area (Å²) in [4.78, 5) is 13.8. The second-order valence-corrected chi connectivity index (χ2v) is 7.58. The van der Waals surface area contributed by atoms with Crippen molar-refractivity contribution in [3.63, 3.8) is 0 Å². The Bertz CT molecular complexity index is 575. The van der Waals surface area contributed by atoms with Crippen molar-refractivity contribution in [2.75, 3.05) is 32.1 Å². The van der Waals surface area contributed by atoms with Crippen LogP contribution in [0.3, 0.4) is 0 Å². The van der Waals surface area contributed by atoms with Gasteiger partial charge in [-0.3, -0.25) is 0 Å². The maximum Gasteiger partial charge on any atom is 0.194 e. The quantitative estimate of drug-likeness (QED) is 0.685. The van der Waals surface area contributed by atoms with Crippen LogP contribution in [0, 0.1) is 5.41 Å². The van der Waals surface area contributed by atoms with E-state index >= 15 is 0 Å². The predicted octanol–water partition coefficient (Wildman–Crippen LogP) is 2.73. The first-order chi connectivity index (χ1) is 10.7. The van der Waals surface area contributed by atoms with E-state index in [1.165, 1.54) is 0 Å². The fourth-order valence-electron chi connectivity index (χ4n) is 2.75. The van der Waals surface area contributed by atoms with Gasteiger partial charge in [-0.2, -0.15) is 0 Å². The van der Waals surface area contributed by atoms with Gasteiger partial charge in [-0.25, -0.2) is 9.98 Å². The summed E-state index contributed by atoms with van der Waals surface area (Å²) in [7, 11) is 4.01. The lowest BCUT2D eigenvalue weighted by atomic mass is 9.65. The van der Waals surface area contributed by atoms with Crippen molar-refractivity contribution in [3.8, 4) is 0 Å². The van der Waals surface area contributed by atoms with Gasteiger partial charge in [0.25, 0.3) is 0 Å². The Morgan fingerprint density at radius 1 is 1.30 bits per heavy atom. The van der Waals surface area contributed by atoms with Crippen molar-refractivity contribution in [1.29, 1.82) is 0 Å². The first kappa shape index (κ1) is 17.6. The average molecular weight is 317 g/mol. The highest BCUT2D eigenvalue weighted by atomic mass is 15.4. The van der Waals surface area contributed by atoms with Gasteiger partial charge in [0, 0.05) is 38.1 Å². The topological polar surface area (TPSA) is 43.8 Å². The van der Waals surface area contributed by atoms with Crippen LogP contribution < -0.4 is 10.2 Å². The number of hydrogen-bond acceptors (Lipinski definition) is 3. The molecule has 1 aromatic heterocycles. The maximum absolute atomic E-state index is 4.82. The van der Waals surface area contributed by atoms with E-state index in [2.05, 4.69) is 49.8 Å². The molecule has 0 unspecified atom stereocenters. The molecule has 1 fully saturated rings. The smallest absolute Gasteiger partial charge is 0.194 e. The third kappa shape index (κ3) is 3.43. The van der Waals surface area contributed by atoms with E-state index in [0.29, 0.717) is 12.0 Å². The van der Waals surface area contributed by atoms with Crippen molar-refractivity contribution in [1.82, 2.24) is 15.2 Å². The van der Waals surface area contributed by atoms with Crippen LogP contribution in [0.5, 0.6) is 0 Å². The van der Waals surface area contributed by atoms with E-state index in [9.17, 15) is 0 Å². The molecule has 0 aromatic carbocycles. The number of guanidine groups is 1. The molecule has 1 aliphatic rings. The molecule has 1 aromatic rings. The monoisotopic (exact) mass is 317 g/mol. The lowest BCUT2D eigenvalue weighted by Crippen LogP contribution is -2.72. The molecule has 5 nitrogen and oxygen atoms in total. The molecule has 1 saturated heterocycles. The standard InChI is InChI=1S/C18H31N5/c1-8-19-16(23-13-17(2,3)18(23,4)5)20-12-14-10-9-11-15(21-14)22(6)7/h9-11H,8,12-13H2,1-7H3,(H,19,20). The van der Waals surface area contributed by atoms with E-state index in [0.717, 1.165) is 30.6 Å². The van der Waals surface area contributed by atoms with Gasteiger partial charge in [0.2, 0.25) is 0 Å². The third-order valence-electron chi connectivity index (χ3n) is 5.12. The number of hydrogen-bond donors (Lipinski definition) is 1. The van der Waals surface area contributed by atoms with E-state index in [1.807, 2.05) is 37.2 Å². The summed E-state index contributed by atoms with van der Waals surface area (Å²) >= 11 is 0. The van der Waals surface area contributed by atoms with Crippen molar-refractivity contribution >= 4 is 11.8 Å². The van der Waals surface area contributed by atoms with Crippen LogP contribution in [0.2, 0.25) is 0 Å². The van der Waals surface area contributed by atoms with Crippen LogP contribution >= 0.6 is 0 Å². The molecule has 128 valence electrons. The summed E-state index contributed by atoms with van der Waals surface area (Å²) < 4.78 is 0. The van der Waals surface area contributed by atoms with Crippen molar-refractivity contribution < 1.29 is 0 Å². The van der Waals surface area contributed by atoms with Gasteiger partial charge in [0.05, 0.1) is 12.2 Å². The van der Waals surface area contributed by atoms with Gasteiger partial charge >= 0.3 is 0 Å². The van der Waals surface area contributed by atoms with E-state index in [1.54, 1.807) is 0 Å². The zero-order valence-electron chi connectivity index (χ0n) is 15.6. The number of likely N-dealkylation sites (tertiary alicyclic amines) is 1. The zero-order valence-corrected chi connectivity index (χ0v) is 15.6. The van der Waals surface area contributed by atoms with E-state index in [-0.39, 0.29) is 5.54 Å². The summed E-state index contributed by atoms with van der Waals surface area (Å²) in [6.07, 6.45) is 0. The Balaban J connectivity index is 2.16. The summed E-state index contributed by atoms with van der Waals surface area (Å²) in [5, 5.41) is 3.42. The zero-order chi connectivity index (χ0) is 17.3. The summed E-state index contributed by atoms with van der Waals surface area (Å²) in [5.41, 5.74) is 1.39. The molecule has 2 rings (SSSR count). The summed E-state index contributed by atoms with van der Waals surface area (Å²) in [5.74, 6) is 1.95. The highest BCUT2D eigenvalue weighted by Crippen LogP contribution is 2.46. The largest absolute Gasteiger partial charge is 0.363 e. The first-order valence-corrected chi connectivity index (χ1v) is 8.38. The Kier molecular flexibility index (Phi) is 4.87. The molecule has 0 aliphatic carbocycles. The number of rotatable bonds is 4. The molecular formula is C18H31N5. The molecule has 0 bridgehead atoms. The molecule has 2 heterocycles. The summed E-state index contributed by atoms with van der Waals surface area (Å²) in [6.45, 7) is 13.8. The SMILES string of the molecule is CCNC(=NCc1cccc(N(C)C)n1)N1CC(C)(C)C1(C)C. The van der Waals surface area contributed by atoms with Gasteiger partial charge < -0.3 is 15.1 Å². The van der Waals surface area contributed by atoms with Gasteiger partial charge in [-0.05, 0) is 32.9 Å². The molecule has 1 N–H and O–H groups in total. The number of pyridine rings is 1. The maximum atomic E-state index is 4.82. The second kappa shape index (κ2) is 6.38. The third-order valence-corrected chi connectivity index (χ3v) is 5.12. The molecule has 0 saturated carbocycles. The normalized spacial score (nSPS) is 19.3. The van der Waals surface area contributed by atoms with Crippen LogP contribution in [0.4, 0.5) is 5.82 Å². The molecule has 23 heavy (non-hydrogen) atoms. The van der Waals surface area contributed by atoms with E-state index < -0.39 is 0 Å². The van der Waals surface area contributed by atoms with Gasteiger partial charge in [-0.1, -0.05) is 19.9 Å². The molecule has 1 aliphatic heterocycles. The minimum atomic E-state index is 0.104. The van der Waals surface area contributed by atoms with Crippen molar-refractivity contribution in [3.05, 3.63) is 23.9 Å². The fourth-order valence-corrected chi connectivity index (χ4v) is 2.75. The lowest BCUT2D eigenvalue weighted by molar-refractivity contribution is -0.0667. The first-order valence-electron chi connectivity index (χ1n) is 8.38. The van der Waals surface area contributed by atoms with Crippen LogP contribution in [-0.4, -0.2) is 48.6 Å². The predicted molar refractivity (Wildman–Crippen MR) is 97.9 cm³/mol. The number of anilines is 1. The number of aliphatic imine (C=N–C) groups is 1. The molecule has 0 atom stereocenters. The molecular weight excluding hydrogens is 286 g/mol. The van der Waals surface area contributed by atoms with Crippen molar-refractivity contribution in [2.24, 2.45) is 10.4 Å². The second-order valence-electron chi connectivity index (χ2n) is 7.58. The van der Waals surface area contributed by atoms with Crippen LogP contribution in [-0.2, 0) is 6.54 Å². The Morgan fingerprint density at radius 2 is 2.00 bits per heavy atom. The fraction of sp³-hybridized carbons (Fsp3) is 0.667. The molecule has 0 amide bonds. The minimum absolute atomic E-state index is 0.104. The van der Waals surface area contributed by atoms with Gasteiger partial charge in [0.1, 0.15) is 5.82 Å². The highest BCUT2D eigenvalue weighted by molar-refractivity contribution is 5.82. The minimum Gasteiger partial charge on any atom is -0.363 e. The molecule has 0 radical (unpaired) electrons. The Hall–Kier alpha value is -1.78. The number of nitrogens with one attached hydrogen (secondary N) is 1. The summed E-state index contributed by atoms with van der Waals surface area (Å²) in [6, 6.07) is 6.08. The van der Waals surface area contributed by atoms with Crippen molar-refractivity contribution in [2.45, 2.75) is 46.7 Å². The van der Waals surface area contributed by atoms with Gasteiger partial charge in [0.15, 0.2) is 5.96 Å². The highest BCUT2D eigenvalue weighted by Gasteiger charge is 2.53. The number of aromatic nitrogens is 1. The van der Waals surface area contributed by atoms with Crippen LogP contribution in [0.1, 0.15) is 40.3 Å². The molecule has 0 spiro atoms. The number of nitrogens with zero attached hydrogens (tertiary/aromatic N) is 4. The van der Waals surface area contributed by atoms with Gasteiger partial charge in [-0.15, -0.1) is 0 Å².